The van der Waals surface area contributed by atoms with Crippen LogP contribution in [0.5, 0.6) is 0 Å². The number of esters is 1. The predicted molar refractivity (Wildman–Crippen MR) is 141 cm³/mol. The summed E-state index contributed by atoms with van der Waals surface area (Å²) in [6.45, 7) is 1.65. The van der Waals surface area contributed by atoms with Gasteiger partial charge in [-0.15, -0.1) is 0 Å². The minimum atomic E-state index is -2.80. The van der Waals surface area contributed by atoms with Gasteiger partial charge in [0.2, 0.25) is 0 Å². The number of ketones is 1. The van der Waals surface area contributed by atoms with Crippen LogP contribution in [0.25, 0.3) is 0 Å². The lowest BCUT2D eigenvalue weighted by atomic mass is 10.1. The van der Waals surface area contributed by atoms with Crippen molar-refractivity contribution >= 4 is 11.8 Å². The van der Waals surface area contributed by atoms with Crippen molar-refractivity contribution in [1.29, 1.82) is 0 Å². The van der Waals surface area contributed by atoms with Gasteiger partial charge in [-0.1, -0.05) is 136 Å². The van der Waals surface area contributed by atoms with E-state index in [1.54, 1.807) is 30.4 Å². The summed E-state index contributed by atoms with van der Waals surface area (Å²) in [5, 5.41) is 19.9. The molecule has 0 bridgehead atoms. The molecule has 1 rings (SSSR count). The fraction of sp³-hybridized carbons (Fsp3) is 0.333. The van der Waals surface area contributed by atoms with Crippen LogP contribution in [0.1, 0.15) is 57.4 Å². The molecule has 0 aromatic heterocycles. The number of carbonyl (C=O) groups is 2. The van der Waals surface area contributed by atoms with Gasteiger partial charge in [-0.05, 0) is 18.9 Å². The Balaban J connectivity index is 2.20. The maximum Gasteiger partial charge on any atom is 0.372 e. The highest BCUT2D eigenvalue weighted by atomic mass is 16.6. The van der Waals surface area contributed by atoms with Crippen molar-refractivity contribution in [3.05, 3.63) is 109 Å². The molecule has 35 heavy (non-hydrogen) atoms. The predicted octanol–water partition coefficient (Wildman–Crippen LogP) is 6.02. The highest BCUT2D eigenvalue weighted by Gasteiger charge is 2.37. The van der Waals surface area contributed by atoms with Crippen LogP contribution >= 0.6 is 0 Å². The van der Waals surface area contributed by atoms with Crippen LogP contribution in [-0.2, 0) is 20.1 Å². The molecule has 0 aliphatic carbocycles. The van der Waals surface area contributed by atoms with E-state index in [1.807, 2.05) is 36.5 Å². The smallest absolute Gasteiger partial charge is 0.372 e. The number of hydrogen-bond donors (Lipinski definition) is 2. The molecule has 1 aromatic carbocycles. The zero-order chi connectivity index (χ0) is 25.6. The molecule has 0 amide bonds. The molecule has 0 aliphatic rings. The van der Waals surface area contributed by atoms with Gasteiger partial charge in [-0.2, -0.15) is 0 Å². The summed E-state index contributed by atoms with van der Waals surface area (Å²) >= 11 is 0. The van der Waals surface area contributed by atoms with E-state index >= 15 is 0 Å². The van der Waals surface area contributed by atoms with Crippen LogP contribution in [-0.4, -0.2) is 28.6 Å². The Kier molecular flexibility index (Phi) is 16.2. The molecule has 2 N–H and O–H groups in total. The molecule has 5 heteroatoms. The van der Waals surface area contributed by atoms with Crippen molar-refractivity contribution in [1.82, 2.24) is 0 Å². The molecule has 5 nitrogen and oxygen atoms in total. The molecular weight excluding hydrogens is 440 g/mol. The van der Waals surface area contributed by atoms with Gasteiger partial charge in [0, 0.05) is 5.56 Å². The van der Waals surface area contributed by atoms with E-state index in [4.69, 9.17) is 4.74 Å². The molecule has 0 fully saturated rings. The maximum atomic E-state index is 11.9. The van der Waals surface area contributed by atoms with Crippen LogP contribution < -0.4 is 0 Å². The Morgan fingerprint density at radius 2 is 1.31 bits per heavy atom. The van der Waals surface area contributed by atoms with E-state index in [0.29, 0.717) is 0 Å². The highest BCUT2D eigenvalue weighted by molar-refractivity contribution is 5.92. The third-order valence-corrected chi connectivity index (χ3v) is 4.95. The molecule has 0 spiro atoms. The second kappa shape index (κ2) is 19.1. The van der Waals surface area contributed by atoms with Gasteiger partial charge in [0.1, 0.15) is 0 Å². The standard InChI is InChI=1S/C30H38O5/c1-2-3-4-5-6-7-8-9-10-11-12-13-14-15-16-17-18-22-25-28(31)26-35-29(32)30(33,34)27-23-20-19-21-24-27/h9-25,33-34H,2-8,26H2,1H3. The Bertz CT molecular complexity index is 902. The SMILES string of the molecule is CCCCCCCCC=CC=CC=CC=CC=CC=CC(=O)COC(=O)C(O)(O)c1ccccc1. The number of benzene rings is 1. The maximum absolute atomic E-state index is 11.9. The largest absolute Gasteiger partial charge is 0.453 e. The average Bonchev–Trinajstić information content (AvgIpc) is 2.87. The van der Waals surface area contributed by atoms with E-state index < -0.39 is 24.1 Å². The van der Waals surface area contributed by atoms with Gasteiger partial charge in [-0.25, -0.2) is 4.79 Å². The van der Waals surface area contributed by atoms with Gasteiger partial charge in [0.15, 0.2) is 12.4 Å². The Hall–Kier alpha value is -3.28. The highest BCUT2D eigenvalue weighted by Crippen LogP contribution is 2.19. The first-order chi connectivity index (χ1) is 17.0. The lowest BCUT2D eigenvalue weighted by molar-refractivity contribution is -0.213. The van der Waals surface area contributed by atoms with E-state index in [0.717, 1.165) is 6.42 Å². The van der Waals surface area contributed by atoms with Gasteiger partial charge in [0.25, 0.3) is 5.79 Å². The average molecular weight is 479 g/mol. The third kappa shape index (κ3) is 14.6. The Labute approximate surface area is 209 Å². The summed E-state index contributed by atoms with van der Waals surface area (Å²) in [5.41, 5.74) is -0.0350. The van der Waals surface area contributed by atoms with Crippen LogP contribution in [0.15, 0.2) is 103 Å². The normalized spacial score (nSPS) is 12.9. The molecule has 0 unspecified atom stereocenters. The van der Waals surface area contributed by atoms with Crippen LogP contribution in [0, 0.1) is 0 Å². The van der Waals surface area contributed by atoms with Crippen molar-refractivity contribution in [2.45, 2.75) is 57.7 Å². The first kappa shape index (κ1) is 29.8. The number of allylic oxidation sites excluding steroid dienone is 11. The summed E-state index contributed by atoms with van der Waals surface area (Å²) in [6, 6.07) is 7.54. The molecule has 0 atom stereocenters. The van der Waals surface area contributed by atoms with Crippen molar-refractivity contribution < 1.29 is 24.5 Å². The first-order valence-corrected chi connectivity index (χ1v) is 12.2. The quantitative estimate of drug-likeness (QED) is 0.0940. The van der Waals surface area contributed by atoms with Crippen molar-refractivity contribution in [3.63, 3.8) is 0 Å². The zero-order valence-corrected chi connectivity index (χ0v) is 20.6. The summed E-state index contributed by atoms with van der Waals surface area (Å²) in [4.78, 5) is 23.7. The third-order valence-electron chi connectivity index (χ3n) is 4.95. The topological polar surface area (TPSA) is 83.8 Å². The van der Waals surface area contributed by atoms with Gasteiger partial charge in [0.05, 0.1) is 0 Å². The van der Waals surface area contributed by atoms with E-state index in [-0.39, 0.29) is 5.56 Å². The number of rotatable bonds is 17. The summed E-state index contributed by atoms with van der Waals surface area (Å²) in [7, 11) is 0. The molecule has 1 aromatic rings. The Morgan fingerprint density at radius 3 is 1.94 bits per heavy atom. The number of aliphatic hydroxyl groups is 2. The van der Waals surface area contributed by atoms with Crippen LogP contribution in [0.2, 0.25) is 0 Å². The minimum Gasteiger partial charge on any atom is -0.453 e. The fourth-order valence-electron chi connectivity index (χ4n) is 2.97. The second-order valence-electron chi connectivity index (χ2n) is 7.96. The van der Waals surface area contributed by atoms with Gasteiger partial charge in [-0.3, -0.25) is 4.79 Å². The monoisotopic (exact) mass is 478 g/mol. The van der Waals surface area contributed by atoms with Crippen molar-refractivity contribution in [3.8, 4) is 0 Å². The number of carbonyl (C=O) groups excluding carboxylic acids is 2. The summed E-state index contributed by atoms with van der Waals surface area (Å²) < 4.78 is 4.71. The molecule has 0 saturated heterocycles. The van der Waals surface area contributed by atoms with Crippen LogP contribution in [0.3, 0.4) is 0 Å². The lowest BCUT2D eigenvalue weighted by Gasteiger charge is -2.19. The van der Waals surface area contributed by atoms with E-state index in [2.05, 4.69) is 19.1 Å². The first-order valence-electron chi connectivity index (χ1n) is 12.2. The molecule has 0 saturated carbocycles. The summed E-state index contributed by atoms with van der Waals surface area (Å²) in [5.74, 6) is -4.59. The van der Waals surface area contributed by atoms with Crippen molar-refractivity contribution in [2.24, 2.45) is 0 Å². The molecule has 0 heterocycles. The minimum absolute atomic E-state index is 0.0350. The number of hydrogen-bond acceptors (Lipinski definition) is 5. The second-order valence-corrected chi connectivity index (χ2v) is 7.96. The van der Waals surface area contributed by atoms with Gasteiger partial charge < -0.3 is 14.9 Å². The molecular formula is C30H38O5. The van der Waals surface area contributed by atoms with Crippen molar-refractivity contribution in [2.75, 3.05) is 6.61 Å². The lowest BCUT2D eigenvalue weighted by Crippen LogP contribution is -2.37. The molecule has 188 valence electrons. The Morgan fingerprint density at radius 1 is 0.771 bits per heavy atom. The summed E-state index contributed by atoms with van der Waals surface area (Å²) in [6.07, 6.45) is 31.0. The number of unbranched alkanes of at least 4 members (excludes halogenated alkanes) is 6. The van der Waals surface area contributed by atoms with E-state index in [9.17, 15) is 19.8 Å². The number of ether oxygens (including phenoxy) is 1. The van der Waals surface area contributed by atoms with E-state index in [1.165, 1.54) is 62.8 Å². The van der Waals surface area contributed by atoms with Crippen LogP contribution in [0.4, 0.5) is 0 Å². The zero-order valence-electron chi connectivity index (χ0n) is 20.6. The van der Waals surface area contributed by atoms with Gasteiger partial charge >= 0.3 is 5.97 Å². The fourth-order valence-corrected chi connectivity index (χ4v) is 2.97. The molecule has 0 radical (unpaired) electrons. The molecule has 0 aliphatic heterocycles.